The molecule has 0 bridgehead atoms. The summed E-state index contributed by atoms with van der Waals surface area (Å²) in [5, 5.41) is 9.31. The van der Waals surface area contributed by atoms with Crippen molar-refractivity contribution in [1.82, 2.24) is 20.2 Å². The van der Waals surface area contributed by atoms with E-state index < -0.39 is 6.03 Å². The van der Waals surface area contributed by atoms with Crippen LogP contribution in [-0.4, -0.2) is 87.3 Å². The third-order valence-corrected chi connectivity index (χ3v) is 8.91. The number of hydrogen-bond acceptors (Lipinski definition) is 9. The molecule has 1 fully saturated rings. The Kier molecular flexibility index (Phi) is 12.4. The van der Waals surface area contributed by atoms with Crippen molar-refractivity contribution in [3.05, 3.63) is 88.7 Å². The van der Waals surface area contributed by atoms with Crippen LogP contribution < -0.4 is 35.2 Å². The largest absolute Gasteiger partial charge is 0.495 e. The number of urea groups is 1. The van der Waals surface area contributed by atoms with Crippen molar-refractivity contribution >= 4 is 63.8 Å². The van der Waals surface area contributed by atoms with Gasteiger partial charge in [-0.25, -0.2) is 14.8 Å². The Hall–Kier alpha value is -4.78. The summed E-state index contributed by atoms with van der Waals surface area (Å²) in [6.45, 7) is 4.38. The number of carbonyl (C=O) groups is 2. The molecule has 3 aromatic carbocycles. The summed E-state index contributed by atoms with van der Waals surface area (Å²) in [4.78, 5) is 40.0. The van der Waals surface area contributed by atoms with Crippen molar-refractivity contribution in [3.63, 3.8) is 0 Å². The van der Waals surface area contributed by atoms with Crippen LogP contribution in [0.2, 0.25) is 10.0 Å². The molecule has 1 aromatic heterocycles. The molecular weight excluding hydrogens is 667 g/mol. The summed E-state index contributed by atoms with van der Waals surface area (Å²) in [6, 6.07) is 21.0. The quantitative estimate of drug-likeness (QED) is 0.142. The van der Waals surface area contributed by atoms with E-state index in [1.54, 1.807) is 13.1 Å². The molecule has 0 aliphatic carbocycles. The maximum absolute atomic E-state index is 13.2. The highest BCUT2D eigenvalue weighted by molar-refractivity contribution is 6.41. The fraction of sp³-hybridized carbons (Fsp3) is 0.314. The Labute approximate surface area is 296 Å². The molecule has 0 unspecified atom stereocenters. The Morgan fingerprint density at radius 2 is 1.57 bits per heavy atom. The topological polar surface area (TPSA) is 124 Å². The van der Waals surface area contributed by atoms with Crippen LogP contribution in [0.5, 0.6) is 11.5 Å². The molecule has 1 aliphatic rings. The number of nitrogens with one attached hydrogen (secondary N) is 3. The van der Waals surface area contributed by atoms with Gasteiger partial charge in [-0.3, -0.25) is 14.6 Å². The minimum atomic E-state index is -0.535. The first-order valence-electron chi connectivity index (χ1n) is 15.9. The van der Waals surface area contributed by atoms with Gasteiger partial charge >= 0.3 is 6.03 Å². The Morgan fingerprint density at radius 1 is 0.898 bits per heavy atom. The molecule has 0 spiro atoms. The Balaban J connectivity index is 1.09. The lowest BCUT2D eigenvalue weighted by Crippen LogP contribution is -2.49. The van der Waals surface area contributed by atoms with E-state index in [-0.39, 0.29) is 21.6 Å². The third-order valence-electron chi connectivity index (χ3n) is 8.16. The molecule has 3 N–H and O–H groups in total. The average Bonchev–Trinajstić information content (AvgIpc) is 3.13. The fourth-order valence-electron chi connectivity index (χ4n) is 5.38. The maximum atomic E-state index is 13.2. The van der Waals surface area contributed by atoms with Crippen molar-refractivity contribution < 1.29 is 19.1 Å². The SMILES string of the molecule is COc1cc(OC)c(Cl)c(NC(=O)N(C)c2cc(Nc3ccc(N4CCN(CC(=O)NCCCc5ccccc5)CC4)cc3)ncn2)c1Cl. The highest BCUT2D eigenvalue weighted by Gasteiger charge is 2.22. The number of ether oxygens (including phenoxy) is 2. The van der Waals surface area contributed by atoms with E-state index >= 15 is 0 Å². The van der Waals surface area contributed by atoms with Crippen LogP contribution in [0.1, 0.15) is 12.0 Å². The standard InChI is InChI=1S/C35H40Cl2N8O4/c1-43(35(47)42-34-32(36)27(48-2)20-28(49-3)33(34)37)30-21-29(39-23-40-30)41-25-11-13-26(14-12-25)45-18-16-44(17-19-45)22-31(46)38-15-7-10-24-8-5-4-6-9-24/h4-6,8-9,11-14,20-21,23H,7,10,15-19,22H2,1-3H3,(H,38,46)(H,42,47)(H,39,40,41). The Bertz CT molecular complexity index is 1690. The van der Waals surface area contributed by atoms with Crippen LogP contribution in [0.15, 0.2) is 73.1 Å². The number of amides is 3. The molecule has 5 rings (SSSR count). The van der Waals surface area contributed by atoms with E-state index in [4.69, 9.17) is 32.7 Å². The zero-order chi connectivity index (χ0) is 34.8. The van der Waals surface area contributed by atoms with Crippen molar-refractivity contribution in [2.24, 2.45) is 0 Å². The number of benzene rings is 3. The van der Waals surface area contributed by atoms with Gasteiger partial charge in [-0.1, -0.05) is 53.5 Å². The van der Waals surface area contributed by atoms with E-state index in [1.165, 1.54) is 37.1 Å². The molecule has 1 saturated heterocycles. The summed E-state index contributed by atoms with van der Waals surface area (Å²) in [5.41, 5.74) is 3.36. The lowest BCUT2D eigenvalue weighted by molar-refractivity contribution is -0.122. The number of rotatable bonds is 13. The lowest BCUT2D eigenvalue weighted by Gasteiger charge is -2.35. The maximum Gasteiger partial charge on any atom is 0.327 e. The average molecular weight is 708 g/mol. The highest BCUT2D eigenvalue weighted by atomic mass is 35.5. The molecule has 1 aliphatic heterocycles. The molecule has 258 valence electrons. The molecule has 14 heteroatoms. The number of anilines is 5. The zero-order valence-corrected chi connectivity index (χ0v) is 29.2. The molecule has 49 heavy (non-hydrogen) atoms. The monoisotopic (exact) mass is 706 g/mol. The van der Waals surface area contributed by atoms with E-state index in [0.29, 0.717) is 36.2 Å². The van der Waals surface area contributed by atoms with Crippen LogP contribution in [0.4, 0.5) is 33.5 Å². The van der Waals surface area contributed by atoms with Crippen molar-refractivity contribution in [1.29, 1.82) is 0 Å². The minimum Gasteiger partial charge on any atom is -0.495 e. The zero-order valence-electron chi connectivity index (χ0n) is 27.7. The Morgan fingerprint density at radius 3 is 2.22 bits per heavy atom. The van der Waals surface area contributed by atoms with E-state index in [2.05, 4.69) is 60.0 Å². The normalized spacial score (nSPS) is 13.0. The highest BCUT2D eigenvalue weighted by Crippen LogP contribution is 2.44. The van der Waals surface area contributed by atoms with Gasteiger partial charge in [0.1, 0.15) is 39.5 Å². The summed E-state index contributed by atoms with van der Waals surface area (Å²) in [5.74, 6) is 1.51. The van der Waals surface area contributed by atoms with Crippen LogP contribution >= 0.6 is 23.2 Å². The van der Waals surface area contributed by atoms with E-state index in [0.717, 1.165) is 50.4 Å². The van der Waals surface area contributed by atoms with Gasteiger partial charge in [0.2, 0.25) is 5.91 Å². The second kappa shape index (κ2) is 17.0. The van der Waals surface area contributed by atoms with Crippen LogP contribution in [0.25, 0.3) is 0 Å². The molecule has 12 nitrogen and oxygen atoms in total. The number of methoxy groups -OCH3 is 2. The van der Waals surface area contributed by atoms with E-state index in [9.17, 15) is 9.59 Å². The lowest BCUT2D eigenvalue weighted by atomic mass is 10.1. The smallest absolute Gasteiger partial charge is 0.327 e. The number of aromatic nitrogens is 2. The van der Waals surface area contributed by atoms with Gasteiger partial charge < -0.3 is 30.3 Å². The first-order valence-corrected chi connectivity index (χ1v) is 16.6. The molecular formula is C35H40Cl2N8O4. The van der Waals surface area contributed by atoms with Crippen LogP contribution in [0, 0.1) is 0 Å². The second-order valence-electron chi connectivity index (χ2n) is 11.4. The predicted molar refractivity (Wildman–Crippen MR) is 195 cm³/mol. The van der Waals surface area contributed by atoms with Gasteiger partial charge in [0.05, 0.1) is 26.5 Å². The molecule has 4 aromatic rings. The number of aryl methyl sites for hydroxylation is 1. The van der Waals surface area contributed by atoms with Crippen LogP contribution in [-0.2, 0) is 11.2 Å². The van der Waals surface area contributed by atoms with Gasteiger partial charge in [-0.05, 0) is 42.7 Å². The summed E-state index contributed by atoms with van der Waals surface area (Å²) in [6.07, 6.45) is 3.25. The number of piperazine rings is 1. The molecule has 3 amide bonds. The first-order chi connectivity index (χ1) is 23.7. The molecule has 0 atom stereocenters. The summed E-state index contributed by atoms with van der Waals surface area (Å²) in [7, 11) is 4.47. The third kappa shape index (κ3) is 9.44. The van der Waals surface area contributed by atoms with Gasteiger partial charge in [0.25, 0.3) is 0 Å². The van der Waals surface area contributed by atoms with Crippen molar-refractivity contribution in [2.75, 3.05) is 81.0 Å². The first kappa shape index (κ1) is 35.5. The van der Waals surface area contributed by atoms with Crippen molar-refractivity contribution in [3.8, 4) is 11.5 Å². The van der Waals surface area contributed by atoms with Crippen LogP contribution in [0.3, 0.4) is 0 Å². The van der Waals surface area contributed by atoms with Gasteiger partial charge in [-0.2, -0.15) is 0 Å². The predicted octanol–water partition coefficient (Wildman–Crippen LogP) is 6.08. The number of nitrogens with zero attached hydrogens (tertiary/aromatic N) is 5. The minimum absolute atomic E-state index is 0.0722. The summed E-state index contributed by atoms with van der Waals surface area (Å²) >= 11 is 12.8. The number of hydrogen-bond donors (Lipinski definition) is 3. The van der Waals surface area contributed by atoms with E-state index in [1.807, 2.05) is 30.3 Å². The summed E-state index contributed by atoms with van der Waals surface area (Å²) < 4.78 is 10.6. The number of halogens is 2. The fourth-order valence-corrected chi connectivity index (χ4v) is 5.98. The van der Waals surface area contributed by atoms with Gasteiger partial charge in [0.15, 0.2) is 0 Å². The second-order valence-corrected chi connectivity index (χ2v) is 12.2. The molecule has 0 radical (unpaired) electrons. The molecule has 2 heterocycles. The van der Waals surface area contributed by atoms with Gasteiger partial charge in [-0.15, -0.1) is 0 Å². The molecule has 0 saturated carbocycles. The van der Waals surface area contributed by atoms with Gasteiger partial charge in [0, 0.05) is 63.3 Å². The number of carbonyl (C=O) groups excluding carboxylic acids is 2. The van der Waals surface area contributed by atoms with Crippen molar-refractivity contribution in [2.45, 2.75) is 12.8 Å².